The molecule has 1 saturated carbocycles. The molecule has 0 unspecified atom stereocenters. The molecule has 3 fully saturated rings. The lowest BCUT2D eigenvalue weighted by molar-refractivity contribution is -0.176. The minimum absolute atomic E-state index is 0.0576. The zero-order valence-corrected chi connectivity index (χ0v) is 14.3. The molecule has 130 valence electrons. The van der Waals surface area contributed by atoms with Crippen molar-refractivity contribution < 1.29 is 19.0 Å². The number of carbonyl (C=O) groups excluding carboxylic acids is 1. The van der Waals surface area contributed by atoms with E-state index in [4.69, 9.17) is 14.2 Å². The molecular weight excluding hydrogens is 294 g/mol. The molecule has 1 aliphatic carbocycles. The fraction of sp³-hybridized carbons (Fsp3) is 0.833. The summed E-state index contributed by atoms with van der Waals surface area (Å²) in [4.78, 5) is 12.7. The van der Waals surface area contributed by atoms with Crippen molar-refractivity contribution in [2.45, 2.75) is 57.8 Å². The Labute approximate surface area is 138 Å². The van der Waals surface area contributed by atoms with Crippen molar-refractivity contribution in [3.8, 4) is 0 Å². The third-order valence-corrected chi connectivity index (χ3v) is 5.81. The monoisotopic (exact) mass is 323 g/mol. The predicted molar refractivity (Wildman–Crippen MR) is 87.1 cm³/mol. The molecule has 23 heavy (non-hydrogen) atoms. The first kappa shape index (κ1) is 16.9. The van der Waals surface area contributed by atoms with Gasteiger partial charge in [-0.1, -0.05) is 12.2 Å². The van der Waals surface area contributed by atoms with Gasteiger partial charge in [0.15, 0.2) is 0 Å². The summed E-state index contributed by atoms with van der Waals surface area (Å²) in [7, 11) is 0. The van der Waals surface area contributed by atoms with Crippen LogP contribution in [0.3, 0.4) is 0 Å². The van der Waals surface area contributed by atoms with Crippen LogP contribution in [0, 0.1) is 11.3 Å². The van der Waals surface area contributed by atoms with Gasteiger partial charge in [-0.15, -0.1) is 0 Å². The van der Waals surface area contributed by atoms with Crippen LogP contribution in [0.1, 0.15) is 39.5 Å². The average molecular weight is 323 g/mol. The molecule has 0 radical (unpaired) electrons. The average Bonchev–Trinajstić information content (AvgIpc) is 3.04. The van der Waals surface area contributed by atoms with E-state index in [0.29, 0.717) is 6.61 Å². The molecule has 5 heteroatoms. The van der Waals surface area contributed by atoms with Crippen molar-refractivity contribution in [3.63, 3.8) is 0 Å². The molecule has 2 aliphatic heterocycles. The first-order valence-corrected chi connectivity index (χ1v) is 8.85. The molecule has 3 rings (SSSR count). The van der Waals surface area contributed by atoms with E-state index in [1.54, 1.807) is 0 Å². The van der Waals surface area contributed by atoms with Gasteiger partial charge in [0.25, 0.3) is 0 Å². The number of hydrogen-bond acceptors (Lipinski definition) is 4. The SMILES string of the molecule is C=C(C)[C@H]1OCC[C@H]1C(=O)N[C@@H]1C[C@@H](OCC)C12CCOCC2. The molecule has 2 saturated heterocycles. The topological polar surface area (TPSA) is 56.8 Å². The van der Waals surface area contributed by atoms with Crippen LogP contribution in [0.5, 0.6) is 0 Å². The maximum Gasteiger partial charge on any atom is 0.226 e. The number of carbonyl (C=O) groups is 1. The first-order chi connectivity index (χ1) is 11.1. The Hall–Kier alpha value is -0.910. The Morgan fingerprint density at radius 3 is 2.74 bits per heavy atom. The normalized spacial score (nSPS) is 35.7. The van der Waals surface area contributed by atoms with E-state index in [1.807, 2.05) is 13.8 Å². The van der Waals surface area contributed by atoms with Gasteiger partial charge in [-0.25, -0.2) is 0 Å². The fourth-order valence-electron chi connectivity index (χ4n) is 4.43. The van der Waals surface area contributed by atoms with Gasteiger partial charge < -0.3 is 19.5 Å². The van der Waals surface area contributed by atoms with E-state index in [2.05, 4.69) is 11.9 Å². The van der Waals surface area contributed by atoms with Crippen LogP contribution in [0.4, 0.5) is 0 Å². The Bertz CT molecular complexity index is 458. The van der Waals surface area contributed by atoms with E-state index in [9.17, 15) is 4.79 Å². The third kappa shape index (κ3) is 3.06. The summed E-state index contributed by atoms with van der Waals surface area (Å²) in [6.45, 7) is 10.8. The van der Waals surface area contributed by atoms with Gasteiger partial charge in [0, 0.05) is 37.9 Å². The summed E-state index contributed by atoms with van der Waals surface area (Å²) in [5.74, 6) is 0.0110. The fourth-order valence-corrected chi connectivity index (χ4v) is 4.43. The van der Waals surface area contributed by atoms with Crippen LogP contribution < -0.4 is 5.32 Å². The van der Waals surface area contributed by atoms with Gasteiger partial charge in [-0.3, -0.25) is 4.79 Å². The highest BCUT2D eigenvalue weighted by Crippen LogP contribution is 2.50. The van der Waals surface area contributed by atoms with Crippen molar-refractivity contribution in [2.24, 2.45) is 11.3 Å². The van der Waals surface area contributed by atoms with Gasteiger partial charge in [0.1, 0.15) is 0 Å². The summed E-state index contributed by atoms with van der Waals surface area (Å²) in [6.07, 6.45) is 3.73. The lowest BCUT2D eigenvalue weighted by Crippen LogP contribution is -2.67. The van der Waals surface area contributed by atoms with E-state index < -0.39 is 0 Å². The van der Waals surface area contributed by atoms with Crippen LogP contribution in [0.25, 0.3) is 0 Å². The summed E-state index contributed by atoms with van der Waals surface area (Å²) in [5, 5.41) is 3.30. The standard InChI is InChI=1S/C18H29NO4/c1-4-22-15-11-14(18(15)6-9-21-10-7-18)19-17(20)13-5-8-23-16(13)12(2)3/h13-16H,2,4-11H2,1,3H3,(H,19,20)/t13-,14-,15-,16-/m1/s1. The lowest BCUT2D eigenvalue weighted by Gasteiger charge is -2.57. The van der Waals surface area contributed by atoms with Gasteiger partial charge >= 0.3 is 0 Å². The minimum atomic E-state index is -0.136. The summed E-state index contributed by atoms with van der Waals surface area (Å²) >= 11 is 0. The van der Waals surface area contributed by atoms with Crippen molar-refractivity contribution in [1.82, 2.24) is 5.32 Å². The van der Waals surface area contributed by atoms with E-state index in [-0.39, 0.29) is 35.5 Å². The molecule has 2 heterocycles. The second-order valence-corrected chi connectivity index (χ2v) is 7.12. The zero-order valence-electron chi connectivity index (χ0n) is 14.3. The predicted octanol–water partition coefficient (Wildman–Crippen LogP) is 2.06. The van der Waals surface area contributed by atoms with Crippen molar-refractivity contribution in [3.05, 3.63) is 12.2 Å². The first-order valence-electron chi connectivity index (χ1n) is 8.85. The molecule has 1 spiro atoms. The molecule has 3 aliphatic rings. The van der Waals surface area contributed by atoms with Gasteiger partial charge in [0.2, 0.25) is 5.91 Å². The van der Waals surface area contributed by atoms with E-state index >= 15 is 0 Å². The van der Waals surface area contributed by atoms with Crippen molar-refractivity contribution in [2.75, 3.05) is 26.4 Å². The number of nitrogens with one attached hydrogen (secondary N) is 1. The number of rotatable bonds is 5. The molecule has 4 atom stereocenters. The molecule has 0 aromatic rings. The van der Waals surface area contributed by atoms with Gasteiger partial charge in [-0.2, -0.15) is 0 Å². The number of ether oxygens (including phenoxy) is 3. The van der Waals surface area contributed by atoms with Gasteiger partial charge in [-0.05, 0) is 39.5 Å². The second-order valence-electron chi connectivity index (χ2n) is 7.12. The van der Waals surface area contributed by atoms with Crippen LogP contribution in [0.2, 0.25) is 0 Å². The van der Waals surface area contributed by atoms with Crippen LogP contribution in [0.15, 0.2) is 12.2 Å². The summed E-state index contributed by atoms with van der Waals surface area (Å²) < 4.78 is 17.1. The summed E-state index contributed by atoms with van der Waals surface area (Å²) in [6, 6.07) is 0.196. The molecule has 1 amide bonds. The van der Waals surface area contributed by atoms with Crippen LogP contribution >= 0.6 is 0 Å². The molecular formula is C18H29NO4. The smallest absolute Gasteiger partial charge is 0.226 e. The molecule has 1 N–H and O–H groups in total. The zero-order chi connectivity index (χ0) is 16.4. The Morgan fingerprint density at radius 1 is 1.35 bits per heavy atom. The maximum atomic E-state index is 12.7. The highest BCUT2D eigenvalue weighted by atomic mass is 16.5. The van der Waals surface area contributed by atoms with E-state index in [0.717, 1.165) is 51.1 Å². The molecule has 0 bridgehead atoms. The van der Waals surface area contributed by atoms with Crippen molar-refractivity contribution in [1.29, 1.82) is 0 Å². The largest absolute Gasteiger partial charge is 0.381 e. The highest BCUT2D eigenvalue weighted by Gasteiger charge is 2.57. The molecule has 5 nitrogen and oxygen atoms in total. The Kier molecular flexibility index (Phi) is 5.09. The molecule has 0 aromatic heterocycles. The minimum Gasteiger partial charge on any atom is -0.381 e. The third-order valence-electron chi connectivity index (χ3n) is 5.81. The maximum absolute atomic E-state index is 12.7. The second kappa shape index (κ2) is 6.91. The Balaban J connectivity index is 1.65. The number of hydrogen-bond donors (Lipinski definition) is 1. The lowest BCUT2D eigenvalue weighted by atomic mass is 9.57. The van der Waals surface area contributed by atoms with Crippen LogP contribution in [-0.2, 0) is 19.0 Å². The van der Waals surface area contributed by atoms with Crippen molar-refractivity contribution >= 4 is 5.91 Å². The Morgan fingerprint density at radius 2 is 2.09 bits per heavy atom. The molecule has 0 aromatic carbocycles. The summed E-state index contributed by atoms with van der Waals surface area (Å²) in [5.41, 5.74) is 0.992. The van der Waals surface area contributed by atoms with Gasteiger partial charge in [0.05, 0.1) is 18.1 Å². The quantitative estimate of drug-likeness (QED) is 0.787. The number of amides is 1. The van der Waals surface area contributed by atoms with Crippen LogP contribution in [-0.4, -0.2) is 50.6 Å². The van der Waals surface area contributed by atoms with E-state index in [1.165, 1.54) is 0 Å². The highest BCUT2D eigenvalue weighted by molar-refractivity contribution is 5.80.